The third-order valence-electron chi connectivity index (χ3n) is 5.03. The zero-order valence-electron chi connectivity index (χ0n) is 17.4. The van der Waals surface area contributed by atoms with Crippen LogP contribution in [0.1, 0.15) is 17.3 Å². The second-order valence-electron chi connectivity index (χ2n) is 7.16. The van der Waals surface area contributed by atoms with Crippen LogP contribution in [0.5, 0.6) is 5.75 Å². The highest BCUT2D eigenvalue weighted by atomic mass is 19.2. The van der Waals surface area contributed by atoms with Crippen LogP contribution in [0.15, 0.2) is 51.9 Å². The number of carbonyl (C=O) groups is 2. The third-order valence-corrected chi connectivity index (χ3v) is 5.03. The lowest BCUT2D eigenvalue weighted by Gasteiger charge is -2.12. The summed E-state index contributed by atoms with van der Waals surface area (Å²) in [5.74, 6) is -12.4. The number of aliphatic imine (C=N–C) groups is 1. The van der Waals surface area contributed by atoms with Crippen LogP contribution in [0.3, 0.4) is 0 Å². The average Bonchev–Trinajstić information content (AvgIpc) is 3.19. The number of halogens is 4. The molecule has 1 heterocycles. The molecule has 0 radical (unpaired) electrons. The number of rotatable bonds is 6. The summed E-state index contributed by atoms with van der Waals surface area (Å²) in [6, 6.07) is 9.66. The minimum Gasteiger partial charge on any atom is -0.504 e. The number of phenolic OH excluding ortho intramolecular Hbond substituents is 1. The Bertz CT molecular complexity index is 1480. The van der Waals surface area contributed by atoms with Gasteiger partial charge >= 0.3 is 5.97 Å². The number of hydrogen-bond donors (Lipinski definition) is 1. The number of para-hydroxylation sites is 1. The fourth-order valence-electron chi connectivity index (χ4n) is 3.40. The van der Waals surface area contributed by atoms with Crippen molar-refractivity contribution in [2.24, 2.45) is 10.9 Å². The molecule has 3 aromatic carbocycles. The van der Waals surface area contributed by atoms with Crippen molar-refractivity contribution in [3.63, 3.8) is 0 Å². The molecule has 6 nitrogen and oxygen atoms in total. The molecule has 0 saturated carbocycles. The summed E-state index contributed by atoms with van der Waals surface area (Å²) in [6.45, 7) is 1.32. The van der Waals surface area contributed by atoms with Crippen molar-refractivity contribution in [3.8, 4) is 5.75 Å². The summed E-state index contributed by atoms with van der Waals surface area (Å²) >= 11 is 0. The fraction of sp³-hybridized carbons (Fsp3) is 0.125. The van der Waals surface area contributed by atoms with Crippen LogP contribution in [0.4, 0.5) is 23.2 Å². The van der Waals surface area contributed by atoms with Gasteiger partial charge in [-0.25, -0.2) is 17.6 Å². The topological polar surface area (TPSA) is 89.1 Å². The molecule has 0 amide bonds. The third kappa shape index (κ3) is 3.98. The summed E-state index contributed by atoms with van der Waals surface area (Å²) in [4.78, 5) is 29.1. The lowest BCUT2D eigenvalue weighted by Crippen LogP contribution is -2.29. The second kappa shape index (κ2) is 8.97. The van der Waals surface area contributed by atoms with Crippen LogP contribution in [0, 0.1) is 29.2 Å². The second-order valence-corrected chi connectivity index (χ2v) is 7.16. The maximum absolute atomic E-state index is 14.1. The van der Waals surface area contributed by atoms with Gasteiger partial charge in [-0.05, 0) is 31.2 Å². The van der Waals surface area contributed by atoms with Crippen LogP contribution >= 0.6 is 0 Å². The molecule has 1 unspecified atom stereocenters. The average molecular weight is 473 g/mol. The molecular weight excluding hydrogens is 458 g/mol. The first-order valence-electron chi connectivity index (χ1n) is 9.95. The van der Waals surface area contributed by atoms with Gasteiger partial charge < -0.3 is 14.3 Å². The fourth-order valence-corrected chi connectivity index (χ4v) is 3.40. The molecule has 1 aromatic heterocycles. The van der Waals surface area contributed by atoms with E-state index in [1.807, 2.05) is 0 Å². The molecule has 174 valence electrons. The van der Waals surface area contributed by atoms with Crippen molar-refractivity contribution in [3.05, 3.63) is 71.3 Å². The zero-order valence-corrected chi connectivity index (χ0v) is 17.4. The van der Waals surface area contributed by atoms with Gasteiger partial charge in [0.25, 0.3) is 0 Å². The van der Waals surface area contributed by atoms with Crippen LogP contribution in [0.25, 0.3) is 21.9 Å². The summed E-state index contributed by atoms with van der Waals surface area (Å²) in [5.41, 5.74) is -0.345. The smallest absolute Gasteiger partial charge is 0.322 e. The van der Waals surface area contributed by atoms with E-state index in [0.717, 1.165) is 6.21 Å². The minimum absolute atomic E-state index is 0.0625. The number of benzene rings is 3. The van der Waals surface area contributed by atoms with Gasteiger partial charge in [-0.2, -0.15) is 0 Å². The molecule has 34 heavy (non-hydrogen) atoms. The lowest BCUT2D eigenvalue weighted by molar-refractivity contribution is -0.143. The number of ether oxygens (including phenoxy) is 1. The molecular formula is C24H15F4NO5. The van der Waals surface area contributed by atoms with Gasteiger partial charge in [0.2, 0.25) is 0 Å². The Morgan fingerprint density at radius 1 is 1.06 bits per heavy atom. The van der Waals surface area contributed by atoms with E-state index in [1.54, 1.807) is 18.2 Å². The van der Waals surface area contributed by atoms with E-state index in [1.165, 1.54) is 25.1 Å². The Morgan fingerprint density at radius 3 is 2.56 bits per heavy atom. The van der Waals surface area contributed by atoms with Gasteiger partial charge in [0.05, 0.1) is 17.9 Å². The van der Waals surface area contributed by atoms with Gasteiger partial charge in [-0.3, -0.25) is 14.6 Å². The largest absolute Gasteiger partial charge is 0.504 e. The normalized spacial score (nSPS) is 12.5. The van der Waals surface area contributed by atoms with Crippen molar-refractivity contribution in [2.45, 2.75) is 6.92 Å². The number of esters is 1. The van der Waals surface area contributed by atoms with Crippen LogP contribution in [-0.2, 0) is 9.53 Å². The highest BCUT2D eigenvalue weighted by Crippen LogP contribution is 2.35. The molecule has 1 atom stereocenters. The number of carbonyl (C=O) groups excluding carboxylic acids is 2. The predicted molar refractivity (Wildman–Crippen MR) is 114 cm³/mol. The summed E-state index contributed by atoms with van der Waals surface area (Å²) in [7, 11) is 0. The first kappa shape index (κ1) is 23.0. The maximum Gasteiger partial charge on any atom is 0.322 e. The predicted octanol–water partition coefficient (Wildman–Crippen LogP) is 5.61. The number of nitrogens with zero attached hydrogens (tertiary/aromatic N) is 1. The van der Waals surface area contributed by atoms with Crippen molar-refractivity contribution in [1.82, 2.24) is 0 Å². The van der Waals surface area contributed by atoms with E-state index in [2.05, 4.69) is 4.99 Å². The molecule has 4 aromatic rings. The first-order valence-corrected chi connectivity index (χ1v) is 9.95. The molecule has 0 aliphatic heterocycles. The summed E-state index contributed by atoms with van der Waals surface area (Å²) in [6.07, 6.45) is 0.834. The molecule has 0 spiro atoms. The summed E-state index contributed by atoms with van der Waals surface area (Å²) in [5, 5.41) is 11.3. The van der Waals surface area contributed by atoms with E-state index in [-0.39, 0.29) is 29.7 Å². The van der Waals surface area contributed by atoms with Crippen molar-refractivity contribution in [2.75, 3.05) is 6.61 Å². The van der Waals surface area contributed by atoms with Crippen LogP contribution in [-0.4, -0.2) is 29.7 Å². The van der Waals surface area contributed by atoms with E-state index in [0.29, 0.717) is 16.4 Å². The number of ketones is 1. The number of phenols is 1. The molecule has 0 saturated heterocycles. The lowest BCUT2D eigenvalue weighted by atomic mass is 9.97. The molecule has 0 aliphatic carbocycles. The van der Waals surface area contributed by atoms with Crippen molar-refractivity contribution in [1.29, 1.82) is 0 Å². The van der Waals surface area contributed by atoms with Gasteiger partial charge in [-0.15, -0.1) is 0 Å². The highest BCUT2D eigenvalue weighted by Gasteiger charge is 2.32. The quantitative estimate of drug-likeness (QED) is 0.0748. The van der Waals surface area contributed by atoms with Crippen molar-refractivity contribution < 1.29 is 41.4 Å². The summed E-state index contributed by atoms with van der Waals surface area (Å²) < 4.78 is 65.1. The Labute approximate surface area is 189 Å². The Morgan fingerprint density at radius 2 is 1.82 bits per heavy atom. The van der Waals surface area contributed by atoms with Gasteiger partial charge in [0, 0.05) is 23.1 Å². The van der Waals surface area contributed by atoms with E-state index in [4.69, 9.17) is 9.15 Å². The number of furan rings is 1. The molecule has 0 fully saturated rings. The first-order chi connectivity index (χ1) is 16.2. The number of hydrogen-bond acceptors (Lipinski definition) is 6. The number of fused-ring (bicyclic) bond motifs is 3. The SMILES string of the molecule is CCOC(=O)C(C=Nc1ccc2c(c1)oc1c(O)cccc12)C(=O)c1cc(F)c(F)c(F)c1F. The van der Waals surface area contributed by atoms with Gasteiger partial charge in [0.15, 0.2) is 46.3 Å². The Hall–Kier alpha value is -4.21. The zero-order chi connectivity index (χ0) is 24.6. The Kier molecular flexibility index (Phi) is 6.06. The molecule has 4 rings (SSSR count). The van der Waals surface area contributed by atoms with Gasteiger partial charge in [-0.1, -0.05) is 12.1 Å². The molecule has 1 N–H and O–H groups in total. The monoisotopic (exact) mass is 473 g/mol. The molecule has 10 heteroatoms. The van der Waals surface area contributed by atoms with E-state index in [9.17, 15) is 32.3 Å². The standard InChI is InChI=1S/C24H15F4NO5/c1-2-33-24(32)15(22(31)14-9-16(25)20(27)21(28)19(14)26)10-29-11-6-7-12-13-4-3-5-17(30)23(13)34-18(12)8-11/h3-10,15,30H,2H2,1H3. The number of Topliss-reactive ketones (excluding diaryl/α,β-unsaturated/α-hetero) is 1. The van der Waals surface area contributed by atoms with Crippen LogP contribution in [0.2, 0.25) is 0 Å². The van der Waals surface area contributed by atoms with E-state index < -0.39 is 46.5 Å². The van der Waals surface area contributed by atoms with Crippen molar-refractivity contribution >= 4 is 45.6 Å². The van der Waals surface area contributed by atoms with E-state index >= 15 is 0 Å². The highest BCUT2D eigenvalue weighted by molar-refractivity contribution is 6.19. The molecule has 0 bridgehead atoms. The maximum atomic E-state index is 14.1. The van der Waals surface area contributed by atoms with Crippen LogP contribution < -0.4 is 0 Å². The Balaban J connectivity index is 1.73. The minimum atomic E-state index is -2.18. The number of aromatic hydroxyl groups is 1. The van der Waals surface area contributed by atoms with Gasteiger partial charge in [0.1, 0.15) is 5.58 Å². The molecule has 0 aliphatic rings.